The van der Waals surface area contributed by atoms with Crippen molar-refractivity contribution >= 4 is 11.6 Å². The monoisotopic (exact) mass is 395 g/mol. The number of methoxy groups -OCH3 is 2. The van der Waals surface area contributed by atoms with E-state index in [1.54, 1.807) is 21.3 Å². The quantitative estimate of drug-likeness (QED) is 0.814. The summed E-state index contributed by atoms with van der Waals surface area (Å²) in [7, 11) is 5.03. The molecule has 4 rings (SSSR count). The van der Waals surface area contributed by atoms with Gasteiger partial charge < -0.3 is 20.1 Å². The van der Waals surface area contributed by atoms with Gasteiger partial charge in [-0.2, -0.15) is 0 Å². The second-order valence-corrected chi connectivity index (χ2v) is 7.73. The van der Waals surface area contributed by atoms with Crippen molar-refractivity contribution in [3.63, 3.8) is 0 Å². The molecule has 2 aliphatic rings. The van der Waals surface area contributed by atoms with Crippen molar-refractivity contribution in [2.24, 2.45) is 0 Å². The van der Waals surface area contributed by atoms with Crippen LogP contribution in [0.1, 0.15) is 40.4 Å². The first-order valence-corrected chi connectivity index (χ1v) is 10.2. The summed E-state index contributed by atoms with van der Waals surface area (Å²) in [6.45, 7) is 2.16. The minimum absolute atomic E-state index is 0.0620. The highest BCUT2D eigenvalue weighted by atomic mass is 16.5. The number of fused-ring (bicyclic) bond motifs is 3. The topological polar surface area (TPSA) is 62.8 Å². The molecule has 154 valence electrons. The van der Waals surface area contributed by atoms with Gasteiger partial charge in [-0.05, 0) is 66.8 Å². The van der Waals surface area contributed by atoms with E-state index in [-0.39, 0.29) is 5.91 Å². The predicted octanol–water partition coefficient (Wildman–Crippen LogP) is 3.24. The summed E-state index contributed by atoms with van der Waals surface area (Å²) >= 11 is 0. The summed E-state index contributed by atoms with van der Waals surface area (Å²) < 4.78 is 11.0. The zero-order chi connectivity index (χ0) is 20.4. The Balaban J connectivity index is 1.51. The first kappa shape index (κ1) is 19.6. The van der Waals surface area contributed by atoms with Gasteiger partial charge >= 0.3 is 0 Å². The third kappa shape index (κ3) is 3.90. The molecule has 0 aromatic heterocycles. The summed E-state index contributed by atoms with van der Waals surface area (Å²) in [5.74, 6) is 1.54. The molecule has 1 amide bonds. The van der Waals surface area contributed by atoms with Gasteiger partial charge in [0.1, 0.15) is 0 Å². The lowest BCUT2D eigenvalue weighted by atomic mass is 9.84. The smallest absolute Gasteiger partial charge is 0.251 e. The van der Waals surface area contributed by atoms with Gasteiger partial charge in [-0.1, -0.05) is 0 Å². The zero-order valence-electron chi connectivity index (χ0n) is 17.3. The summed E-state index contributed by atoms with van der Waals surface area (Å²) in [4.78, 5) is 14.3. The summed E-state index contributed by atoms with van der Waals surface area (Å²) in [5.41, 5.74) is 4.45. The highest BCUT2D eigenvalue weighted by Crippen LogP contribution is 2.42. The van der Waals surface area contributed by atoms with E-state index < -0.39 is 0 Å². The fourth-order valence-electron chi connectivity index (χ4n) is 4.56. The van der Waals surface area contributed by atoms with Crippen molar-refractivity contribution in [2.75, 3.05) is 39.7 Å². The average Bonchev–Trinajstić information content (AvgIpc) is 2.77. The third-order valence-corrected chi connectivity index (χ3v) is 6.13. The van der Waals surface area contributed by atoms with Crippen LogP contribution in [0.3, 0.4) is 0 Å². The fraction of sp³-hybridized carbons (Fsp3) is 0.435. The van der Waals surface area contributed by atoms with Crippen molar-refractivity contribution < 1.29 is 14.3 Å². The van der Waals surface area contributed by atoms with Crippen molar-refractivity contribution in [3.8, 4) is 11.5 Å². The molecule has 2 aromatic rings. The summed E-state index contributed by atoms with van der Waals surface area (Å²) in [6.07, 6.45) is 3.20. The van der Waals surface area contributed by atoms with E-state index >= 15 is 0 Å². The molecule has 29 heavy (non-hydrogen) atoms. The van der Waals surface area contributed by atoms with Crippen LogP contribution in [-0.4, -0.2) is 51.2 Å². The van der Waals surface area contributed by atoms with E-state index in [9.17, 15) is 4.79 Å². The number of hydrogen-bond donors (Lipinski definition) is 2. The number of benzene rings is 2. The fourth-order valence-corrected chi connectivity index (χ4v) is 4.56. The standard InChI is InChI=1S/C23H29N3O3/c1-24-23(27)15-4-6-17(7-5-15)25-18-9-11-26-10-8-16-12-21(28-2)22(29-3)14-19(16)20(26)13-18/h4-7,12,14,18,20,25H,8-11,13H2,1-3H3,(H,24,27). The molecule has 2 atom stereocenters. The van der Waals surface area contributed by atoms with E-state index in [0.29, 0.717) is 17.6 Å². The number of ether oxygens (including phenoxy) is 2. The van der Waals surface area contributed by atoms with Crippen LogP contribution in [0.5, 0.6) is 11.5 Å². The van der Waals surface area contributed by atoms with Crippen molar-refractivity contribution in [1.82, 2.24) is 10.2 Å². The molecule has 1 fully saturated rings. The van der Waals surface area contributed by atoms with Gasteiger partial charge in [0.15, 0.2) is 11.5 Å². The molecule has 0 aliphatic carbocycles. The van der Waals surface area contributed by atoms with Gasteiger partial charge in [-0.15, -0.1) is 0 Å². The van der Waals surface area contributed by atoms with Crippen molar-refractivity contribution in [3.05, 3.63) is 53.1 Å². The Hall–Kier alpha value is -2.73. The number of nitrogens with one attached hydrogen (secondary N) is 2. The van der Waals surface area contributed by atoms with Gasteiger partial charge in [0.25, 0.3) is 5.91 Å². The van der Waals surface area contributed by atoms with Crippen LogP contribution >= 0.6 is 0 Å². The molecule has 6 nitrogen and oxygen atoms in total. The molecule has 2 unspecified atom stereocenters. The van der Waals surface area contributed by atoms with Gasteiger partial charge in [-0.25, -0.2) is 0 Å². The SMILES string of the molecule is CNC(=O)c1ccc(NC2CCN3CCc4cc(OC)c(OC)cc4C3C2)cc1. The molecule has 2 N–H and O–H groups in total. The number of anilines is 1. The van der Waals surface area contributed by atoms with Crippen LogP contribution in [0.15, 0.2) is 36.4 Å². The highest BCUT2D eigenvalue weighted by molar-refractivity contribution is 5.94. The third-order valence-electron chi connectivity index (χ3n) is 6.13. The van der Waals surface area contributed by atoms with E-state index in [1.165, 1.54) is 11.1 Å². The molecule has 2 heterocycles. The summed E-state index contributed by atoms with van der Waals surface area (Å²) in [5, 5.41) is 6.32. The molecule has 0 bridgehead atoms. The average molecular weight is 396 g/mol. The maximum absolute atomic E-state index is 11.7. The maximum atomic E-state index is 11.7. The number of amides is 1. The maximum Gasteiger partial charge on any atom is 0.251 e. The molecule has 6 heteroatoms. The van der Waals surface area contributed by atoms with Crippen LogP contribution in [0.2, 0.25) is 0 Å². The lowest BCUT2D eigenvalue weighted by molar-refractivity contribution is 0.0963. The van der Waals surface area contributed by atoms with Gasteiger partial charge in [0.05, 0.1) is 14.2 Å². The minimum atomic E-state index is -0.0620. The van der Waals surface area contributed by atoms with E-state index in [0.717, 1.165) is 49.5 Å². The lowest BCUT2D eigenvalue weighted by Gasteiger charge is -2.44. The number of carbonyl (C=O) groups is 1. The molecule has 0 saturated carbocycles. The largest absolute Gasteiger partial charge is 0.493 e. The minimum Gasteiger partial charge on any atom is -0.493 e. The van der Waals surface area contributed by atoms with Gasteiger partial charge in [-0.3, -0.25) is 9.69 Å². The predicted molar refractivity (Wildman–Crippen MR) is 114 cm³/mol. The van der Waals surface area contributed by atoms with Crippen LogP contribution in [-0.2, 0) is 6.42 Å². The van der Waals surface area contributed by atoms with E-state index in [4.69, 9.17) is 9.47 Å². The van der Waals surface area contributed by atoms with E-state index in [1.807, 2.05) is 24.3 Å². The van der Waals surface area contributed by atoms with Crippen molar-refractivity contribution in [2.45, 2.75) is 31.3 Å². The second kappa shape index (κ2) is 8.33. The second-order valence-electron chi connectivity index (χ2n) is 7.73. The van der Waals surface area contributed by atoms with Crippen molar-refractivity contribution in [1.29, 1.82) is 0 Å². The lowest BCUT2D eigenvalue weighted by Crippen LogP contribution is -2.44. The van der Waals surface area contributed by atoms with Crippen LogP contribution < -0.4 is 20.1 Å². The Kier molecular flexibility index (Phi) is 5.62. The normalized spacial score (nSPS) is 20.9. The number of carbonyl (C=O) groups excluding carboxylic acids is 1. The highest BCUT2D eigenvalue weighted by Gasteiger charge is 2.34. The number of piperidine rings is 1. The number of rotatable bonds is 5. The van der Waals surface area contributed by atoms with Crippen LogP contribution in [0.25, 0.3) is 0 Å². The number of hydrogen-bond acceptors (Lipinski definition) is 5. The zero-order valence-corrected chi connectivity index (χ0v) is 17.3. The van der Waals surface area contributed by atoms with Gasteiger partial charge in [0, 0.05) is 43.5 Å². The molecule has 0 spiro atoms. The first-order chi connectivity index (χ1) is 14.1. The Morgan fingerprint density at radius 3 is 2.48 bits per heavy atom. The Morgan fingerprint density at radius 1 is 1.07 bits per heavy atom. The molecular weight excluding hydrogens is 366 g/mol. The number of nitrogens with zero attached hydrogens (tertiary/aromatic N) is 1. The van der Waals surface area contributed by atoms with Crippen LogP contribution in [0.4, 0.5) is 5.69 Å². The Morgan fingerprint density at radius 2 is 1.79 bits per heavy atom. The molecule has 2 aliphatic heterocycles. The first-order valence-electron chi connectivity index (χ1n) is 10.2. The van der Waals surface area contributed by atoms with Gasteiger partial charge in [0.2, 0.25) is 0 Å². The molecule has 0 radical (unpaired) electrons. The van der Waals surface area contributed by atoms with E-state index in [2.05, 4.69) is 27.7 Å². The Labute approximate surface area is 172 Å². The summed E-state index contributed by atoms with van der Waals surface area (Å²) in [6, 6.07) is 12.8. The van der Waals surface area contributed by atoms with Crippen LogP contribution in [0, 0.1) is 0 Å². The molecular formula is C23H29N3O3. The Bertz CT molecular complexity index is 882. The molecule has 2 aromatic carbocycles. The molecule has 1 saturated heterocycles.